The highest BCUT2D eigenvalue weighted by molar-refractivity contribution is 5.91. The summed E-state index contributed by atoms with van der Waals surface area (Å²) in [5.41, 5.74) is 8.52. The van der Waals surface area contributed by atoms with Crippen LogP contribution in [0.4, 0.5) is 0 Å². The van der Waals surface area contributed by atoms with Gasteiger partial charge in [-0.2, -0.15) is 0 Å². The first-order valence-electron chi connectivity index (χ1n) is 13.7. The molecule has 214 valence electrons. The number of aliphatic carboxylic acids is 1. The molecule has 0 bridgehead atoms. The first kappa shape index (κ1) is 30.4. The van der Waals surface area contributed by atoms with Crippen molar-refractivity contribution in [3.05, 3.63) is 71.9 Å². The number of para-hydroxylation sites is 1. The second kappa shape index (κ2) is 15.4. The van der Waals surface area contributed by atoms with E-state index in [1.165, 1.54) is 5.56 Å². The van der Waals surface area contributed by atoms with Crippen LogP contribution in [-0.2, 0) is 32.0 Å². The van der Waals surface area contributed by atoms with Crippen LogP contribution in [0.2, 0.25) is 0 Å². The van der Waals surface area contributed by atoms with Gasteiger partial charge in [0.1, 0.15) is 6.04 Å². The van der Waals surface area contributed by atoms with Crippen molar-refractivity contribution in [3.63, 3.8) is 0 Å². The van der Waals surface area contributed by atoms with Crippen molar-refractivity contribution in [1.82, 2.24) is 20.5 Å². The van der Waals surface area contributed by atoms with Crippen LogP contribution in [0.3, 0.4) is 0 Å². The molecular weight excluding hydrogens is 510 g/mol. The van der Waals surface area contributed by atoms with Gasteiger partial charge in [0.25, 0.3) is 0 Å². The second-order valence-electron chi connectivity index (χ2n) is 9.89. The molecule has 1 aromatic heterocycles. The standard InChI is InChI=1S/C27H33N5O3.C3H6O2/c28-15-25(33)30-17-26(34)31-24(14-21-16-29-23-11-5-4-10-22(21)23)27(35)32-12-6-9-20(18-32)13-19-7-2-1-3-8-19;1-2-3(4)5/h1-5,7-8,10-11,16,20,24,29H,6,9,12-15,17-18,28H2,(H,30,33)(H,31,34);2H2,1H3,(H,4,5)/t20-,24-;/m1./s1. The lowest BCUT2D eigenvalue weighted by molar-refractivity contribution is -0.138. The van der Waals surface area contributed by atoms with Crippen LogP contribution in [0.15, 0.2) is 60.8 Å². The Labute approximate surface area is 234 Å². The molecule has 1 aliphatic rings. The number of carboxylic acid groups (broad SMARTS) is 1. The predicted octanol–water partition coefficient (Wildman–Crippen LogP) is 2.23. The third kappa shape index (κ3) is 9.23. The first-order valence-corrected chi connectivity index (χ1v) is 13.7. The Balaban J connectivity index is 0.000000810. The van der Waals surface area contributed by atoms with Gasteiger partial charge in [0.05, 0.1) is 13.1 Å². The quantitative estimate of drug-likeness (QED) is 0.261. The van der Waals surface area contributed by atoms with Gasteiger partial charge >= 0.3 is 5.97 Å². The summed E-state index contributed by atoms with van der Waals surface area (Å²) >= 11 is 0. The summed E-state index contributed by atoms with van der Waals surface area (Å²) in [6, 6.07) is 17.5. The number of fused-ring (bicyclic) bond motifs is 1. The number of aromatic amines is 1. The summed E-state index contributed by atoms with van der Waals surface area (Å²) in [4.78, 5) is 52.3. The maximum Gasteiger partial charge on any atom is 0.303 e. The van der Waals surface area contributed by atoms with E-state index in [1.54, 1.807) is 6.92 Å². The molecule has 10 heteroatoms. The fourth-order valence-corrected chi connectivity index (χ4v) is 4.82. The Kier molecular flexibility index (Phi) is 11.7. The van der Waals surface area contributed by atoms with Gasteiger partial charge in [-0.05, 0) is 42.4 Å². The molecule has 2 heterocycles. The number of likely N-dealkylation sites (tertiary alicyclic amines) is 1. The maximum atomic E-state index is 13.7. The van der Waals surface area contributed by atoms with Crippen molar-refractivity contribution in [1.29, 1.82) is 0 Å². The summed E-state index contributed by atoms with van der Waals surface area (Å²) in [6.07, 6.45) is 5.41. The van der Waals surface area contributed by atoms with Crippen molar-refractivity contribution < 1.29 is 24.3 Å². The number of rotatable bonds is 10. The lowest BCUT2D eigenvalue weighted by Crippen LogP contribution is -2.54. The number of benzene rings is 2. The SMILES string of the molecule is CCC(=O)O.NCC(=O)NCC(=O)N[C@H](Cc1c[nH]c2ccccc12)C(=O)N1CCC[C@H](Cc2ccccc2)C1. The molecule has 10 nitrogen and oxygen atoms in total. The Morgan fingerprint density at radius 2 is 1.77 bits per heavy atom. The zero-order valence-corrected chi connectivity index (χ0v) is 22.9. The van der Waals surface area contributed by atoms with E-state index in [0.717, 1.165) is 35.7 Å². The number of hydrogen-bond donors (Lipinski definition) is 5. The molecule has 1 saturated heterocycles. The van der Waals surface area contributed by atoms with Crippen LogP contribution < -0.4 is 16.4 Å². The zero-order chi connectivity index (χ0) is 28.9. The molecule has 4 rings (SSSR count). The van der Waals surface area contributed by atoms with Gasteiger partial charge in [-0.1, -0.05) is 55.5 Å². The molecule has 1 aliphatic heterocycles. The Bertz CT molecular complexity index is 1280. The minimum Gasteiger partial charge on any atom is -0.481 e. The number of aromatic nitrogens is 1. The zero-order valence-electron chi connectivity index (χ0n) is 22.9. The number of amides is 3. The van der Waals surface area contributed by atoms with E-state index in [0.29, 0.717) is 25.4 Å². The smallest absolute Gasteiger partial charge is 0.303 e. The van der Waals surface area contributed by atoms with Crippen molar-refractivity contribution in [2.75, 3.05) is 26.2 Å². The molecule has 0 radical (unpaired) electrons. The van der Waals surface area contributed by atoms with Crippen LogP contribution >= 0.6 is 0 Å². The van der Waals surface area contributed by atoms with E-state index in [9.17, 15) is 19.2 Å². The van der Waals surface area contributed by atoms with Gasteiger partial charge in [0.15, 0.2) is 0 Å². The number of hydrogen-bond acceptors (Lipinski definition) is 5. The third-order valence-corrected chi connectivity index (χ3v) is 6.86. The van der Waals surface area contributed by atoms with Gasteiger partial charge < -0.3 is 31.4 Å². The fourth-order valence-electron chi connectivity index (χ4n) is 4.82. The number of carbonyl (C=O) groups excluding carboxylic acids is 3. The molecular formula is C30H39N5O5. The molecule has 1 fully saturated rings. The number of piperidine rings is 1. The van der Waals surface area contributed by atoms with E-state index < -0.39 is 23.8 Å². The van der Waals surface area contributed by atoms with Crippen LogP contribution in [0.5, 0.6) is 0 Å². The largest absolute Gasteiger partial charge is 0.481 e. The number of carboxylic acids is 1. The second-order valence-corrected chi connectivity index (χ2v) is 9.89. The van der Waals surface area contributed by atoms with Crippen molar-refractivity contribution >= 4 is 34.6 Å². The van der Waals surface area contributed by atoms with Crippen LogP contribution in [0.1, 0.15) is 37.3 Å². The van der Waals surface area contributed by atoms with E-state index in [4.69, 9.17) is 10.8 Å². The summed E-state index contributed by atoms with van der Waals surface area (Å²) in [5, 5.41) is 14.1. The van der Waals surface area contributed by atoms with Gasteiger partial charge in [0.2, 0.25) is 17.7 Å². The average Bonchev–Trinajstić information content (AvgIpc) is 3.38. The lowest BCUT2D eigenvalue weighted by atomic mass is 9.90. The van der Waals surface area contributed by atoms with Gasteiger partial charge in [-0.15, -0.1) is 0 Å². The Morgan fingerprint density at radius 3 is 2.48 bits per heavy atom. The highest BCUT2D eigenvalue weighted by Crippen LogP contribution is 2.23. The van der Waals surface area contributed by atoms with Gasteiger partial charge in [0, 0.05) is 43.0 Å². The van der Waals surface area contributed by atoms with Crippen molar-refractivity contribution in [3.8, 4) is 0 Å². The van der Waals surface area contributed by atoms with E-state index >= 15 is 0 Å². The Hall–Kier alpha value is -4.18. The Morgan fingerprint density at radius 1 is 1.07 bits per heavy atom. The minimum absolute atomic E-state index is 0.0912. The normalized spacial score (nSPS) is 15.4. The molecule has 0 spiro atoms. The maximum absolute atomic E-state index is 13.7. The molecule has 3 amide bonds. The van der Waals surface area contributed by atoms with Crippen molar-refractivity contribution in [2.24, 2.45) is 11.7 Å². The number of H-pyrrole nitrogens is 1. The molecule has 2 atom stereocenters. The number of nitrogens with one attached hydrogen (secondary N) is 3. The predicted molar refractivity (Wildman–Crippen MR) is 153 cm³/mol. The highest BCUT2D eigenvalue weighted by Gasteiger charge is 2.30. The van der Waals surface area contributed by atoms with Crippen LogP contribution in [0.25, 0.3) is 10.9 Å². The van der Waals surface area contributed by atoms with Crippen molar-refractivity contribution in [2.45, 2.75) is 45.1 Å². The molecule has 0 aliphatic carbocycles. The molecule has 40 heavy (non-hydrogen) atoms. The summed E-state index contributed by atoms with van der Waals surface area (Å²) < 4.78 is 0. The molecule has 0 unspecified atom stereocenters. The molecule has 2 aromatic carbocycles. The number of nitrogens with zero attached hydrogens (tertiary/aromatic N) is 1. The fraction of sp³-hybridized carbons (Fsp3) is 0.400. The van der Waals surface area contributed by atoms with E-state index in [2.05, 4.69) is 27.8 Å². The molecule has 6 N–H and O–H groups in total. The molecule has 3 aromatic rings. The highest BCUT2D eigenvalue weighted by atomic mass is 16.4. The third-order valence-electron chi connectivity index (χ3n) is 6.86. The summed E-state index contributed by atoms with van der Waals surface area (Å²) in [7, 11) is 0. The van der Waals surface area contributed by atoms with Gasteiger partial charge in [-0.3, -0.25) is 19.2 Å². The van der Waals surface area contributed by atoms with Gasteiger partial charge in [-0.25, -0.2) is 0 Å². The summed E-state index contributed by atoms with van der Waals surface area (Å²) in [6.45, 7) is 2.53. The first-order chi connectivity index (χ1) is 19.3. The van der Waals surface area contributed by atoms with E-state index in [1.807, 2.05) is 53.6 Å². The average molecular weight is 550 g/mol. The van der Waals surface area contributed by atoms with E-state index in [-0.39, 0.29) is 25.4 Å². The number of nitrogens with two attached hydrogens (primary N) is 1. The molecule has 0 saturated carbocycles. The number of carbonyl (C=O) groups is 4. The topological polar surface area (TPSA) is 158 Å². The lowest BCUT2D eigenvalue weighted by Gasteiger charge is -2.35. The minimum atomic E-state index is -0.745. The summed E-state index contributed by atoms with van der Waals surface area (Å²) in [5.74, 6) is -1.29. The van der Waals surface area contributed by atoms with Crippen LogP contribution in [-0.4, -0.2) is 70.9 Å². The monoisotopic (exact) mass is 549 g/mol. The van der Waals surface area contributed by atoms with Crippen LogP contribution in [0, 0.1) is 5.92 Å².